The summed E-state index contributed by atoms with van der Waals surface area (Å²) in [6, 6.07) is 0. The second-order valence-corrected chi connectivity index (χ2v) is 3.79. The molecular formula is C9H19N3O2. The predicted molar refractivity (Wildman–Crippen MR) is 54.9 cm³/mol. The summed E-state index contributed by atoms with van der Waals surface area (Å²) < 4.78 is 5.51. The molecule has 0 aromatic rings. The van der Waals surface area contributed by atoms with Gasteiger partial charge in [-0.05, 0) is 33.8 Å². The van der Waals surface area contributed by atoms with Crippen molar-refractivity contribution in [3.8, 4) is 0 Å². The lowest BCUT2D eigenvalue weighted by molar-refractivity contribution is -0.120. The van der Waals surface area contributed by atoms with Gasteiger partial charge in [-0.15, -0.1) is 0 Å². The zero-order chi connectivity index (χ0) is 11.2. The number of nitrogens with one attached hydrogen (secondary N) is 2. The standard InChI is InChI=1S/C9H19N3O2/c1-5-8(14-9(2,3)4)11-6-7(13)12-10/h5,11H,6,10H2,1-4H3,(H,12,13). The van der Waals surface area contributed by atoms with Crippen LogP contribution in [0.3, 0.4) is 0 Å². The van der Waals surface area contributed by atoms with Gasteiger partial charge in [-0.3, -0.25) is 10.2 Å². The van der Waals surface area contributed by atoms with Gasteiger partial charge in [0, 0.05) is 0 Å². The number of ether oxygens (including phenoxy) is 1. The Labute approximate surface area is 84.7 Å². The number of hydrazine groups is 1. The molecule has 0 aromatic carbocycles. The van der Waals surface area contributed by atoms with Crippen molar-refractivity contribution in [1.29, 1.82) is 0 Å². The van der Waals surface area contributed by atoms with E-state index in [1.165, 1.54) is 0 Å². The summed E-state index contributed by atoms with van der Waals surface area (Å²) in [5.41, 5.74) is 1.74. The summed E-state index contributed by atoms with van der Waals surface area (Å²) in [4.78, 5) is 10.8. The number of hydrogen-bond acceptors (Lipinski definition) is 4. The van der Waals surface area contributed by atoms with Crippen LogP contribution in [-0.4, -0.2) is 18.1 Å². The molecule has 1 amide bonds. The molecule has 0 aliphatic carbocycles. The van der Waals surface area contributed by atoms with Gasteiger partial charge in [0.05, 0.1) is 6.54 Å². The molecular weight excluding hydrogens is 182 g/mol. The normalized spacial score (nSPS) is 12.2. The fraction of sp³-hybridized carbons (Fsp3) is 0.667. The van der Waals surface area contributed by atoms with Crippen molar-refractivity contribution in [2.45, 2.75) is 33.3 Å². The first kappa shape index (κ1) is 12.8. The maximum Gasteiger partial charge on any atom is 0.253 e. The molecule has 0 radical (unpaired) electrons. The van der Waals surface area contributed by atoms with E-state index in [2.05, 4.69) is 5.32 Å². The van der Waals surface area contributed by atoms with E-state index in [0.29, 0.717) is 5.88 Å². The zero-order valence-corrected chi connectivity index (χ0v) is 9.18. The maximum absolute atomic E-state index is 10.8. The lowest BCUT2D eigenvalue weighted by Gasteiger charge is -2.23. The summed E-state index contributed by atoms with van der Waals surface area (Å²) in [7, 11) is 0. The Morgan fingerprint density at radius 2 is 2.07 bits per heavy atom. The third-order valence-electron chi connectivity index (χ3n) is 1.26. The van der Waals surface area contributed by atoms with Gasteiger partial charge in [-0.2, -0.15) is 0 Å². The first-order chi connectivity index (χ1) is 6.39. The lowest BCUT2D eigenvalue weighted by Crippen LogP contribution is -2.39. The third kappa shape index (κ3) is 6.30. The van der Waals surface area contributed by atoms with E-state index < -0.39 is 0 Å². The van der Waals surface area contributed by atoms with E-state index in [-0.39, 0.29) is 18.1 Å². The van der Waals surface area contributed by atoms with E-state index in [9.17, 15) is 4.79 Å². The first-order valence-electron chi connectivity index (χ1n) is 4.47. The Morgan fingerprint density at radius 3 is 2.43 bits per heavy atom. The highest BCUT2D eigenvalue weighted by atomic mass is 16.5. The highest BCUT2D eigenvalue weighted by Gasteiger charge is 2.13. The van der Waals surface area contributed by atoms with Crippen molar-refractivity contribution in [2.75, 3.05) is 6.54 Å². The molecule has 0 aliphatic rings. The van der Waals surface area contributed by atoms with Gasteiger partial charge in [-0.25, -0.2) is 5.84 Å². The van der Waals surface area contributed by atoms with Crippen LogP contribution < -0.4 is 16.6 Å². The minimum absolute atomic E-state index is 0.103. The number of nitrogens with two attached hydrogens (primary N) is 1. The van der Waals surface area contributed by atoms with Crippen LogP contribution in [0.2, 0.25) is 0 Å². The number of carbonyl (C=O) groups excluding carboxylic acids is 1. The quantitative estimate of drug-likeness (QED) is 0.263. The molecule has 0 bridgehead atoms. The van der Waals surface area contributed by atoms with E-state index in [1.54, 1.807) is 6.08 Å². The molecule has 0 rings (SSSR count). The number of hydrogen-bond donors (Lipinski definition) is 3. The Bertz CT molecular complexity index is 219. The average molecular weight is 201 g/mol. The van der Waals surface area contributed by atoms with Crippen LogP contribution in [0.15, 0.2) is 12.0 Å². The Kier molecular flexibility index (Phi) is 5.01. The summed E-state index contributed by atoms with van der Waals surface area (Å²) in [5.74, 6) is 5.21. The van der Waals surface area contributed by atoms with Crippen LogP contribution in [0.4, 0.5) is 0 Å². The second-order valence-electron chi connectivity index (χ2n) is 3.79. The molecule has 4 N–H and O–H groups in total. The van der Waals surface area contributed by atoms with E-state index >= 15 is 0 Å². The second kappa shape index (κ2) is 5.49. The van der Waals surface area contributed by atoms with Crippen LogP contribution in [-0.2, 0) is 9.53 Å². The van der Waals surface area contributed by atoms with Gasteiger partial charge in [0.25, 0.3) is 5.91 Å². The molecule has 0 saturated carbocycles. The monoisotopic (exact) mass is 201 g/mol. The van der Waals surface area contributed by atoms with E-state index in [1.807, 2.05) is 33.1 Å². The van der Waals surface area contributed by atoms with Crippen molar-refractivity contribution >= 4 is 5.91 Å². The molecule has 0 aliphatic heterocycles. The minimum atomic E-state index is -0.290. The van der Waals surface area contributed by atoms with Crippen molar-refractivity contribution in [1.82, 2.24) is 10.7 Å². The average Bonchev–Trinajstić information content (AvgIpc) is 2.09. The molecule has 14 heavy (non-hydrogen) atoms. The number of amides is 1. The number of carbonyl (C=O) groups is 1. The Morgan fingerprint density at radius 1 is 1.50 bits per heavy atom. The molecule has 0 atom stereocenters. The molecule has 82 valence electrons. The minimum Gasteiger partial charge on any atom is -0.474 e. The van der Waals surface area contributed by atoms with Gasteiger partial charge >= 0.3 is 0 Å². The third-order valence-corrected chi connectivity index (χ3v) is 1.26. The highest BCUT2D eigenvalue weighted by molar-refractivity contribution is 5.77. The molecule has 5 heteroatoms. The summed E-state index contributed by atoms with van der Waals surface area (Å²) >= 11 is 0. The number of allylic oxidation sites excluding steroid dienone is 1. The first-order valence-corrected chi connectivity index (χ1v) is 4.47. The van der Waals surface area contributed by atoms with Crippen molar-refractivity contribution in [2.24, 2.45) is 5.84 Å². The van der Waals surface area contributed by atoms with E-state index in [0.717, 1.165) is 0 Å². The maximum atomic E-state index is 10.8. The van der Waals surface area contributed by atoms with Crippen molar-refractivity contribution in [3.05, 3.63) is 12.0 Å². The van der Waals surface area contributed by atoms with E-state index in [4.69, 9.17) is 10.6 Å². The summed E-state index contributed by atoms with van der Waals surface area (Å²) in [6.45, 7) is 7.73. The lowest BCUT2D eigenvalue weighted by atomic mass is 10.2. The van der Waals surface area contributed by atoms with Crippen LogP contribution in [0.5, 0.6) is 0 Å². The molecule has 0 fully saturated rings. The van der Waals surface area contributed by atoms with Gasteiger partial charge in [-0.1, -0.05) is 0 Å². The topological polar surface area (TPSA) is 76.4 Å². The molecule has 0 saturated heterocycles. The Hall–Kier alpha value is -1.23. The molecule has 0 spiro atoms. The largest absolute Gasteiger partial charge is 0.474 e. The smallest absolute Gasteiger partial charge is 0.253 e. The number of rotatable bonds is 4. The van der Waals surface area contributed by atoms with Crippen LogP contribution in [0.1, 0.15) is 27.7 Å². The molecule has 5 nitrogen and oxygen atoms in total. The summed E-state index contributed by atoms with van der Waals surface area (Å²) in [5, 5.41) is 2.82. The molecule has 0 aromatic heterocycles. The Balaban J connectivity index is 4.01. The zero-order valence-electron chi connectivity index (χ0n) is 9.18. The van der Waals surface area contributed by atoms with Gasteiger partial charge in [0.2, 0.25) is 0 Å². The molecule has 0 unspecified atom stereocenters. The summed E-state index contributed by atoms with van der Waals surface area (Å²) in [6.07, 6.45) is 1.76. The fourth-order valence-corrected chi connectivity index (χ4v) is 0.745. The SMILES string of the molecule is CC=C(NCC(=O)NN)OC(C)(C)C. The van der Waals surface area contributed by atoms with Crippen LogP contribution >= 0.6 is 0 Å². The van der Waals surface area contributed by atoms with Crippen molar-refractivity contribution < 1.29 is 9.53 Å². The van der Waals surface area contributed by atoms with Gasteiger partial charge < -0.3 is 10.1 Å². The van der Waals surface area contributed by atoms with Gasteiger partial charge in [0.15, 0.2) is 5.88 Å². The fourth-order valence-electron chi connectivity index (χ4n) is 0.745. The van der Waals surface area contributed by atoms with Gasteiger partial charge in [0.1, 0.15) is 5.60 Å². The highest BCUT2D eigenvalue weighted by Crippen LogP contribution is 2.11. The van der Waals surface area contributed by atoms with Crippen LogP contribution in [0, 0.1) is 0 Å². The predicted octanol–water partition coefficient (Wildman–Crippen LogP) is 0.242. The molecule has 0 heterocycles. The van der Waals surface area contributed by atoms with Crippen LogP contribution in [0.25, 0.3) is 0 Å². The van der Waals surface area contributed by atoms with Crippen molar-refractivity contribution in [3.63, 3.8) is 0 Å².